The predicted molar refractivity (Wildman–Crippen MR) is 240 cm³/mol. The first kappa shape index (κ1) is 55.5. The maximum Gasteiger partial charge on any atom is 0.330 e. The number of unbranched alkanes of at least 4 members (excludes halogenated alkanes) is 21. The lowest BCUT2D eigenvalue weighted by atomic mass is 10.0. The fourth-order valence-electron chi connectivity index (χ4n) is 5.90. The van der Waals surface area contributed by atoms with Crippen molar-refractivity contribution in [3.05, 3.63) is 72.9 Å². The Morgan fingerprint density at radius 2 is 1.00 bits per heavy atom. The van der Waals surface area contributed by atoms with E-state index in [0.717, 1.165) is 25.7 Å². The molecule has 0 aliphatic heterocycles. The van der Waals surface area contributed by atoms with E-state index < -0.39 is 32.5 Å². The molecule has 0 amide bonds. The maximum atomic E-state index is 12.7. The first-order valence-electron chi connectivity index (χ1n) is 22.8. The summed E-state index contributed by atoms with van der Waals surface area (Å²) in [4.78, 5) is 37.4. The van der Waals surface area contributed by atoms with Gasteiger partial charge < -0.3 is 27.9 Å². The third-order valence-electron chi connectivity index (χ3n) is 9.47. The molecule has 9 nitrogen and oxygen atoms in total. The number of hydrogen-bond acceptors (Lipinski definition) is 8. The van der Waals surface area contributed by atoms with Crippen LogP contribution in [-0.2, 0) is 32.7 Å². The average Bonchev–Trinajstić information content (AvgIpc) is 3.17. The lowest BCUT2D eigenvalue weighted by Crippen LogP contribution is -2.37. The Balaban J connectivity index is 4.58. The van der Waals surface area contributed by atoms with Crippen molar-refractivity contribution < 1.29 is 42.1 Å². The van der Waals surface area contributed by atoms with Gasteiger partial charge in [-0.2, -0.15) is 0 Å². The number of phosphoric acid groups is 1. The zero-order valence-electron chi connectivity index (χ0n) is 37.5. The minimum Gasteiger partial charge on any atom is -0.756 e. The van der Waals surface area contributed by atoms with Gasteiger partial charge in [-0.25, -0.2) is 4.79 Å². The number of likely N-dealkylation sites (N-methyl/N-ethyl adjacent to an activating group) is 1. The summed E-state index contributed by atoms with van der Waals surface area (Å²) >= 11 is 0. The molecule has 0 N–H and O–H groups in total. The van der Waals surface area contributed by atoms with Crippen molar-refractivity contribution in [3.8, 4) is 0 Å². The van der Waals surface area contributed by atoms with Crippen molar-refractivity contribution in [1.29, 1.82) is 0 Å². The highest BCUT2D eigenvalue weighted by atomic mass is 31.2. The SMILES string of the molecule is CCCCCCCCC/C=C/C=C/C=C/C=C/C=C/C=C/C(=O)OC[C@H](COP(=O)([O-])OCC[N+](C)(C)C)OC(=O)CCCCCCCCCCCCCCCCC. The summed E-state index contributed by atoms with van der Waals surface area (Å²) in [5, 5.41) is 0. The summed E-state index contributed by atoms with van der Waals surface area (Å²) in [6, 6.07) is 0. The van der Waals surface area contributed by atoms with E-state index in [1.165, 1.54) is 128 Å². The van der Waals surface area contributed by atoms with Crippen molar-refractivity contribution >= 4 is 19.8 Å². The minimum absolute atomic E-state index is 0.0548. The smallest absolute Gasteiger partial charge is 0.330 e. The second kappa shape index (κ2) is 39.9. The molecule has 0 aromatic carbocycles. The molecule has 58 heavy (non-hydrogen) atoms. The van der Waals surface area contributed by atoms with Gasteiger partial charge in [-0.1, -0.05) is 209 Å². The number of quaternary nitrogens is 1. The predicted octanol–water partition coefficient (Wildman–Crippen LogP) is 12.4. The van der Waals surface area contributed by atoms with Crippen LogP contribution in [0.4, 0.5) is 0 Å². The van der Waals surface area contributed by atoms with Crippen LogP contribution >= 0.6 is 7.82 Å². The van der Waals surface area contributed by atoms with Gasteiger partial charge in [-0.15, -0.1) is 0 Å². The molecule has 0 bridgehead atoms. The molecule has 1 unspecified atom stereocenters. The first-order valence-corrected chi connectivity index (χ1v) is 24.2. The standard InChI is InChI=1S/C48H84NO8P/c1-6-8-10-12-14-16-18-20-22-23-24-25-27-28-30-32-34-36-38-40-47(50)54-44-46(45-56-58(52,53)55-43-42-49(3,4)5)57-48(51)41-39-37-35-33-31-29-26-21-19-17-15-13-11-9-7-2/h22-25,27-28,30,32,34,36,38,40,46H,6-21,26,29,31,33,35,37,39,41-45H2,1-5H3/b23-22+,25-24+,28-27+,32-30+,36-34+,40-38+/t46-/m1/s1. The summed E-state index contributed by atoms with van der Waals surface area (Å²) in [6.45, 7) is 4.02. The number of carbonyl (C=O) groups is 2. The van der Waals surface area contributed by atoms with E-state index in [4.69, 9.17) is 18.5 Å². The Morgan fingerprint density at radius 3 is 1.48 bits per heavy atom. The lowest BCUT2D eigenvalue weighted by molar-refractivity contribution is -0.870. The van der Waals surface area contributed by atoms with E-state index in [1.807, 2.05) is 57.6 Å². The van der Waals surface area contributed by atoms with Gasteiger partial charge in [-0.3, -0.25) is 9.36 Å². The summed E-state index contributed by atoms with van der Waals surface area (Å²) in [7, 11) is 1.09. The molecule has 2 atom stereocenters. The molecule has 0 saturated carbocycles. The van der Waals surface area contributed by atoms with Crippen LogP contribution in [0.1, 0.15) is 168 Å². The van der Waals surface area contributed by atoms with Gasteiger partial charge in [0, 0.05) is 12.5 Å². The fourth-order valence-corrected chi connectivity index (χ4v) is 6.63. The van der Waals surface area contributed by atoms with Gasteiger partial charge in [0.25, 0.3) is 7.82 Å². The van der Waals surface area contributed by atoms with Gasteiger partial charge >= 0.3 is 11.9 Å². The van der Waals surface area contributed by atoms with Crippen LogP contribution in [0, 0.1) is 0 Å². The molecule has 0 aromatic heterocycles. The van der Waals surface area contributed by atoms with Gasteiger partial charge in [0.2, 0.25) is 0 Å². The lowest BCUT2D eigenvalue weighted by Gasteiger charge is -2.28. The zero-order chi connectivity index (χ0) is 42.8. The number of nitrogens with zero attached hydrogens (tertiary/aromatic N) is 1. The Labute approximate surface area is 355 Å². The molecule has 0 heterocycles. The largest absolute Gasteiger partial charge is 0.756 e. The van der Waals surface area contributed by atoms with Gasteiger partial charge in [0.05, 0.1) is 27.7 Å². The van der Waals surface area contributed by atoms with Crippen LogP contribution in [0.5, 0.6) is 0 Å². The monoisotopic (exact) mass is 834 g/mol. The molecule has 0 radical (unpaired) electrons. The quantitative estimate of drug-likeness (QED) is 0.0150. The van der Waals surface area contributed by atoms with Crippen molar-refractivity contribution in [2.45, 2.75) is 174 Å². The van der Waals surface area contributed by atoms with Crippen molar-refractivity contribution in [1.82, 2.24) is 0 Å². The van der Waals surface area contributed by atoms with E-state index in [9.17, 15) is 19.0 Å². The van der Waals surface area contributed by atoms with Gasteiger partial charge in [0.15, 0.2) is 6.10 Å². The molecule has 0 rings (SSSR count). The van der Waals surface area contributed by atoms with E-state index in [0.29, 0.717) is 17.4 Å². The van der Waals surface area contributed by atoms with Crippen LogP contribution in [0.25, 0.3) is 0 Å². The second-order valence-corrected chi connectivity index (χ2v) is 17.7. The number of hydrogen-bond donors (Lipinski definition) is 0. The van der Waals surface area contributed by atoms with E-state index >= 15 is 0 Å². The Hall–Kier alpha value is -2.55. The number of rotatable bonds is 40. The van der Waals surface area contributed by atoms with Crippen molar-refractivity contribution in [3.63, 3.8) is 0 Å². The summed E-state index contributed by atoms with van der Waals surface area (Å²) in [6.07, 6.45) is 50.0. The molecule has 0 spiro atoms. The Bertz CT molecular complexity index is 1220. The number of phosphoric ester groups is 1. The highest BCUT2D eigenvalue weighted by molar-refractivity contribution is 7.45. The first-order chi connectivity index (χ1) is 28.0. The summed E-state index contributed by atoms with van der Waals surface area (Å²) < 4.78 is 33.6. The van der Waals surface area contributed by atoms with Crippen LogP contribution in [-0.4, -0.2) is 70.0 Å². The highest BCUT2D eigenvalue weighted by Crippen LogP contribution is 2.38. The molecule has 10 heteroatoms. The molecule has 0 aliphatic rings. The van der Waals surface area contributed by atoms with Crippen molar-refractivity contribution in [2.75, 3.05) is 47.5 Å². The zero-order valence-corrected chi connectivity index (χ0v) is 38.4. The van der Waals surface area contributed by atoms with Gasteiger partial charge in [-0.05, 0) is 19.3 Å². The van der Waals surface area contributed by atoms with Gasteiger partial charge in [0.1, 0.15) is 19.8 Å². The molecular weight excluding hydrogens is 750 g/mol. The van der Waals surface area contributed by atoms with Crippen LogP contribution in [0.15, 0.2) is 72.9 Å². The topological polar surface area (TPSA) is 111 Å². The van der Waals surface area contributed by atoms with Crippen LogP contribution in [0.3, 0.4) is 0 Å². The van der Waals surface area contributed by atoms with E-state index in [2.05, 4.69) is 26.0 Å². The molecule has 0 saturated heterocycles. The Morgan fingerprint density at radius 1 is 0.569 bits per heavy atom. The minimum atomic E-state index is -4.66. The van der Waals surface area contributed by atoms with E-state index in [-0.39, 0.29) is 19.6 Å². The Kier molecular flexibility index (Phi) is 38.1. The third kappa shape index (κ3) is 43.0. The molecule has 0 aliphatic carbocycles. The van der Waals surface area contributed by atoms with Crippen molar-refractivity contribution in [2.24, 2.45) is 0 Å². The number of esters is 2. The summed E-state index contributed by atoms with van der Waals surface area (Å²) in [5.74, 6) is -1.15. The normalized spacial score (nSPS) is 14.2. The number of carbonyl (C=O) groups excluding carboxylic acids is 2. The molecular formula is C48H84NO8P. The fraction of sp³-hybridized carbons (Fsp3) is 0.708. The number of ether oxygens (including phenoxy) is 2. The second-order valence-electron chi connectivity index (χ2n) is 16.3. The molecule has 0 aromatic rings. The average molecular weight is 834 g/mol. The maximum absolute atomic E-state index is 12.7. The van der Waals surface area contributed by atoms with Crippen LogP contribution < -0.4 is 4.89 Å². The molecule has 334 valence electrons. The third-order valence-corrected chi connectivity index (χ3v) is 10.4. The highest BCUT2D eigenvalue weighted by Gasteiger charge is 2.21. The van der Waals surface area contributed by atoms with E-state index in [1.54, 1.807) is 12.2 Å². The molecule has 0 fully saturated rings. The van der Waals surface area contributed by atoms with Crippen LogP contribution in [0.2, 0.25) is 0 Å². The summed E-state index contributed by atoms with van der Waals surface area (Å²) in [5.41, 5.74) is 0. The number of allylic oxidation sites excluding steroid dienone is 11.